The van der Waals surface area contributed by atoms with Crippen molar-refractivity contribution in [1.29, 1.82) is 0 Å². The number of nitrogens with zero attached hydrogens (tertiary/aromatic N) is 2. The van der Waals surface area contributed by atoms with Gasteiger partial charge in [0.25, 0.3) is 0 Å². The standard InChI is InChI=1S/C24H32ClN3O4S/c1-18(2)15-26-24(30)22(14-19-8-6-5-7-9-19)28(16-20-10-12-21(25)13-11-20)23(29)17-27(3)33(4,31)32/h5-13,18,22H,14-17H2,1-4H3,(H,26,30)/t22-/m1/s1. The summed E-state index contributed by atoms with van der Waals surface area (Å²) in [5, 5.41) is 3.49. The molecule has 2 aromatic rings. The Labute approximate surface area is 201 Å². The van der Waals surface area contributed by atoms with Crippen LogP contribution in [0.25, 0.3) is 0 Å². The minimum Gasteiger partial charge on any atom is -0.354 e. The van der Waals surface area contributed by atoms with Gasteiger partial charge >= 0.3 is 0 Å². The highest BCUT2D eigenvalue weighted by Crippen LogP contribution is 2.17. The zero-order valence-corrected chi connectivity index (χ0v) is 21.1. The van der Waals surface area contributed by atoms with Crippen LogP contribution in [-0.4, -0.2) is 61.9 Å². The zero-order chi connectivity index (χ0) is 24.6. The smallest absolute Gasteiger partial charge is 0.243 e. The Morgan fingerprint density at radius 3 is 2.15 bits per heavy atom. The first-order chi connectivity index (χ1) is 15.5. The Morgan fingerprint density at radius 2 is 1.61 bits per heavy atom. The van der Waals surface area contributed by atoms with E-state index in [4.69, 9.17) is 11.6 Å². The second-order valence-electron chi connectivity index (χ2n) is 8.51. The van der Waals surface area contributed by atoms with Crippen molar-refractivity contribution in [3.05, 3.63) is 70.7 Å². The SMILES string of the molecule is CC(C)CNC(=O)[C@@H](Cc1ccccc1)N(Cc1ccc(Cl)cc1)C(=O)CN(C)S(C)(=O)=O. The summed E-state index contributed by atoms with van der Waals surface area (Å²) in [6.45, 7) is 4.22. The van der Waals surface area contributed by atoms with E-state index in [9.17, 15) is 18.0 Å². The number of hydrogen-bond acceptors (Lipinski definition) is 4. The summed E-state index contributed by atoms with van der Waals surface area (Å²) in [6.07, 6.45) is 1.34. The van der Waals surface area contributed by atoms with Crippen LogP contribution >= 0.6 is 11.6 Å². The largest absolute Gasteiger partial charge is 0.354 e. The highest BCUT2D eigenvalue weighted by molar-refractivity contribution is 7.88. The number of benzene rings is 2. The van der Waals surface area contributed by atoms with E-state index in [0.717, 1.165) is 21.7 Å². The summed E-state index contributed by atoms with van der Waals surface area (Å²) in [5.74, 6) is -0.501. The van der Waals surface area contributed by atoms with Crippen LogP contribution in [0.1, 0.15) is 25.0 Å². The quantitative estimate of drug-likeness (QED) is 0.521. The highest BCUT2D eigenvalue weighted by Gasteiger charge is 2.31. The molecule has 0 aromatic heterocycles. The Hall–Kier alpha value is -2.42. The van der Waals surface area contributed by atoms with Gasteiger partial charge in [-0.05, 0) is 29.2 Å². The van der Waals surface area contributed by atoms with Gasteiger partial charge in [0.2, 0.25) is 21.8 Å². The third-order valence-electron chi connectivity index (χ3n) is 5.15. The van der Waals surface area contributed by atoms with E-state index in [1.165, 1.54) is 11.9 Å². The number of halogens is 1. The summed E-state index contributed by atoms with van der Waals surface area (Å²) in [5.41, 5.74) is 1.68. The van der Waals surface area contributed by atoms with Gasteiger partial charge in [-0.1, -0.05) is 67.9 Å². The molecule has 0 spiro atoms. The fraction of sp³-hybridized carbons (Fsp3) is 0.417. The molecular weight excluding hydrogens is 462 g/mol. The second-order valence-corrected chi connectivity index (χ2v) is 11.0. The zero-order valence-electron chi connectivity index (χ0n) is 19.5. The van der Waals surface area contributed by atoms with Gasteiger partial charge in [-0.2, -0.15) is 4.31 Å². The minimum atomic E-state index is -3.57. The van der Waals surface area contributed by atoms with E-state index in [1.54, 1.807) is 24.3 Å². The molecule has 0 radical (unpaired) electrons. The molecule has 0 aliphatic heterocycles. The first-order valence-electron chi connectivity index (χ1n) is 10.7. The predicted molar refractivity (Wildman–Crippen MR) is 131 cm³/mol. The average molecular weight is 494 g/mol. The number of sulfonamides is 1. The third-order valence-corrected chi connectivity index (χ3v) is 6.66. The second kappa shape index (κ2) is 12.2. The van der Waals surface area contributed by atoms with Gasteiger partial charge in [-0.3, -0.25) is 9.59 Å². The molecule has 0 aliphatic rings. The Kier molecular flexibility index (Phi) is 9.88. The lowest BCUT2D eigenvalue weighted by atomic mass is 10.0. The first-order valence-corrected chi connectivity index (χ1v) is 13.0. The molecule has 2 rings (SSSR count). The molecule has 33 heavy (non-hydrogen) atoms. The van der Waals surface area contributed by atoms with Crippen molar-refractivity contribution in [2.45, 2.75) is 32.9 Å². The van der Waals surface area contributed by atoms with Crippen molar-refractivity contribution in [2.75, 3.05) is 26.4 Å². The summed E-state index contributed by atoms with van der Waals surface area (Å²) >= 11 is 6.00. The molecule has 0 bridgehead atoms. The van der Waals surface area contributed by atoms with E-state index in [2.05, 4.69) is 5.32 Å². The fourth-order valence-electron chi connectivity index (χ4n) is 3.16. The van der Waals surface area contributed by atoms with Crippen molar-refractivity contribution < 1.29 is 18.0 Å². The van der Waals surface area contributed by atoms with Gasteiger partial charge in [0.05, 0.1) is 12.8 Å². The molecule has 7 nitrogen and oxygen atoms in total. The maximum absolute atomic E-state index is 13.4. The van der Waals surface area contributed by atoms with Crippen LogP contribution < -0.4 is 5.32 Å². The summed E-state index contributed by atoms with van der Waals surface area (Å²) < 4.78 is 24.8. The van der Waals surface area contributed by atoms with Crippen molar-refractivity contribution in [3.8, 4) is 0 Å². The van der Waals surface area contributed by atoms with E-state index >= 15 is 0 Å². The van der Waals surface area contributed by atoms with Crippen molar-refractivity contribution >= 4 is 33.4 Å². The maximum atomic E-state index is 13.4. The molecular formula is C24H32ClN3O4S. The number of amides is 2. The molecule has 0 saturated carbocycles. The number of carbonyl (C=O) groups excluding carboxylic acids is 2. The van der Waals surface area contributed by atoms with Crippen LogP contribution in [-0.2, 0) is 32.6 Å². The first kappa shape index (κ1) is 26.8. The van der Waals surface area contributed by atoms with Crippen molar-refractivity contribution in [1.82, 2.24) is 14.5 Å². The fourth-order valence-corrected chi connectivity index (χ4v) is 3.63. The molecule has 2 aromatic carbocycles. The van der Waals surface area contributed by atoms with Crippen LogP contribution in [0.15, 0.2) is 54.6 Å². The molecule has 1 N–H and O–H groups in total. The molecule has 9 heteroatoms. The molecule has 0 aliphatic carbocycles. The lowest BCUT2D eigenvalue weighted by Crippen LogP contribution is -2.53. The molecule has 0 heterocycles. The Morgan fingerprint density at radius 1 is 1.00 bits per heavy atom. The lowest BCUT2D eigenvalue weighted by molar-refractivity contribution is -0.141. The van der Waals surface area contributed by atoms with Crippen molar-refractivity contribution in [3.63, 3.8) is 0 Å². The van der Waals surface area contributed by atoms with E-state index in [0.29, 0.717) is 18.0 Å². The monoisotopic (exact) mass is 493 g/mol. The molecule has 0 saturated heterocycles. The Balaban J connectivity index is 2.42. The maximum Gasteiger partial charge on any atom is 0.243 e. The van der Waals surface area contributed by atoms with Gasteiger partial charge in [0.15, 0.2) is 0 Å². The van der Waals surface area contributed by atoms with Gasteiger partial charge in [0, 0.05) is 31.6 Å². The van der Waals surface area contributed by atoms with Gasteiger partial charge < -0.3 is 10.2 Å². The van der Waals surface area contributed by atoms with E-state index in [-0.39, 0.29) is 24.9 Å². The number of hydrogen-bond donors (Lipinski definition) is 1. The van der Waals surface area contributed by atoms with Gasteiger partial charge in [-0.15, -0.1) is 0 Å². The molecule has 2 amide bonds. The van der Waals surface area contributed by atoms with Crippen LogP contribution in [0.5, 0.6) is 0 Å². The molecule has 180 valence electrons. The Bertz CT molecular complexity index is 1030. The summed E-state index contributed by atoms with van der Waals surface area (Å²) in [7, 11) is -2.22. The molecule has 0 fully saturated rings. The highest BCUT2D eigenvalue weighted by atomic mass is 35.5. The minimum absolute atomic E-state index is 0.139. The predicted octanol–water partition coefficient (Wildman–Crippen LogP) is 2.94. The van der Waals surface area contributed by atoms with E-state index < -0.39 is 22.0 Å². The number of likely N-dealkylation sites (N-methyl/N-ethyl adjacent to an activating group) is 1. The third kappa shape index (κ3) is 8.79. The lowest BCUT2D eigenvalue weighted by Gasteiger charge is -2.32. The van der Waals surface area contributed by atoms with Crippen molar-refractivity contribution in [2.24, 2.45) is 5.92 Å². The number of nitrogens with one attached hydrogen (secondary N) is 1. The number of carbonyl (C=O) groups is 2. The van der Waals surface area contributed by atoms with Crippen LogP contribution in [0, 0.1) is 5.92 Å². The molecule has 0 unspecified atom stereocenters. The van der Waals surface area contributed by atoms with Gasteiger partial charge in [-0.25, -0.2) is 8.42 Å². The molecule has 1 atom stereocenters. The summed E-state index contributed by atoms with van der Waals surface area (Å²) in [4.78, 5) is 28.1. The average Bonchev–Trinajstić information content (AvgIpc) is 2.75. The van der Waals surface area contributed by atoms with Crippen LogP contribution in [0.2, 0.25) is 5.02 Å². The number of rotatable bonds is 11. The topological polar surface area (TPSA) is 86.8 Å². The summed E-state index contributed by atoms with van der Waals surface area (Å²) in [6, 6.07) is 15.6. The normalized spacial score (nSPS) is 12.6. The van der Waals surface area contributed by atoms with Crippen LogP contribution in [0.3, 0.4) is 0 Å². The van der Waals surface area contributed by atoms with Crippen LogP contribution in [0.4, 0.5) is 0 Å². The van der Waals surface area contributed by atoms with E-state index in [1.807, 2.05) is 44.2 Å². The van der Waals surface area contributed by atoms with Gasteiger partial charge in [0.1, 0.15) is 6.04 Å².